The third-order valence-electron chi connectivity index (χ3n) is 6.25. The summed E-state index contributed by atoms with van der Waals surface area (Å²) in [6, 6.07) is 8.51. The van der Waals surface area contributed by atoms with E-state index in [9.17, 15) is 9.59 Å². The summed E-state index contributed by atoms with van der Waals surface area (Å²) >= 11 is 13.1. The predicted octanol–water partition coefficient (Wildman–Crippen LogP) is 5.63. The summed E-state index contributed by atoms with van der Waals surface area (Å²) in [5, 5.41) is 7.27. The number of methoxy groups -OCH3 is 3. The summed E-state index contributed by atoms with van der Waals surface area (Å²) in [4.78, 5) is 34.1. The molecule has 0 spiro atoms. The number of Topliss-reactive ketones (excluding diaryl/α,β-unsaturated/α-hetero) is 1. The standard InChI is InChI=1S/C28H27Cl2N5O5/c1-14(15(2)36)12-31-20-10-17(38-4)7-8-19(20)33-28-32-13-16-9-18(27(37)35(3)26(16)34-28)23-24(29)21(39-5)11-22(40-6)25(23)30/h7-11,13,31H,1,12H2,2-6H3,(H,32,33,34). The number of ether oxygens (including phenoxy) is 3. The number of fused-ring (bicyclic) bond motifs is 1. The van der Waals surface area contributed by atoms with Crippen LogP contribution < -0.4 is 30.4 Å². The smallest absolute Gasteiger partial charge is 0.259 e. The molecule has 2 N–H and O–H groups in total. The van der Waals surface area contributed by atoms with E-state index in [0.29, 0.717) is 45.2 Å². The van der Waals surface area contributed by atoms with Gasteiger partial charge in [0.1, 0.15) is 22.9 Å². The molecule has 2 heterocycles. The molecule has 0 aliphatic carbocycles. The quantitative estimate of drug-likeness (QED) is 0.229. The van der Waals surface area contributed by atoms with Crippen molar-refractivity contribution in [3.63, 3.8) is 0 Å². The third kappa shape index (κ3) is 5.54. The van der Waals surface area contributed by atoms with Gasteiger partial charge in [-0.25, -0.2) is 4.98 Å². The van der Waals surface area contributed by atoms with Crippen molar-refractivity contribution in [1.29, 1.82) is 0 Å². The fourth-order valence-corrected chi connectivity index (χ4v) is 4.66. The minimum absolute atomic E-state index is 0.113. The average Bonchev–Trinajstić information content (AvgIpc) is 2.95. The summed E-state index contributed by atoms with van der Waals surface area (Å²) in [7, 11) is 6.08. The van der Waals surface area contributed by atoms with Crippen LogP contribution in [0.2, 0.25) is 10.0 Å². The van der Waals surface area contributed by atoms with Crippen molar-refractivity contribution in [2.24, 2.45) is 7.05 Å². The first-order chi connectivity index (χ1) is 19.1. The molecule has 0 atom stereocenters. The lowest BCUT2D eigenvalue weighted by Crippen LogP contribution is -2.20. The summed E-state index contributed by atoms with van der Waals surface area (Å²) < 4.78 is 17.4. The lowest BCUT2D eigenvalue weighted by Gasteiger charge is -2.17. The molecule has 2 aromatic carbocycles. The number of carbonyl (C=O) groups is 1. The molecule has 0 unspecified atom stereocenters. The van der Waals surface area contributed by atoms with E-state index in [4.69, 9.17) is 37.4 Å². The number of rotatable bonds is 10. The van der Waals surface area contributed by atoms with Crippen molar-refractivity contribution in [1.82, 2.24) is 14.5 Å². The molecular formula is C28H27Cl2N5O5. The van der Waals surface area contributed by atoms with Crippen LogP contribution in [0.15, 0.2) is 53.5 Å². The Balaban J connectivity index is 1.77. The van der Waals surface area contributed by atoms with Crippen LogP contribution in [0.1, 0.15) is 6.92 Å². The highest BCUT2D eigenvalue weighted by Gasteiger charge is 2.22. The van der Waals surface area contributed by atoms with Crippen LogP contribution in [0.25, 0.3) is 22.2 Å². The average molecular weight is 584 g/mol. The van der Waals surface area contributed by atoms with Gasteiger partial charge in [-0.3, -0.25) is 14.2 Å². The first-order valence-electron chi connectivity index (χ1n) is 11.9. The summed E-state index contributed by atoms with van der Waals surface area (Å²) in [5.41, 5.74) is 2.21. The number of nitrogens with one attached hydrogen (secondary N) is 2. The number of nitrogens with zero attached hydrogens (tertiary/aromatic N) is 3. The Morgan fingerprint density at radius 1 is 1.02 bits per heavy atom. The Kier molecular flexibility index (Phi) is 8.51. The van der Waals surface area contributed by atoms with Gasteiger partial charge in [0.05, 0.1) is 48.3 Å². The normalized spacial score (nSPS) is 10.8. The second-order valence-electron chi connectivity index (χ2n) is 8.73. The minimum Gasteiger partial charge on any atom is -0.497 e. The van der Waals surface area contributed by atoms with Crippen molar-refractivity contribution in [2.45, 2.75) is 6.92 Å². The molecule has 40 heavy (non-hydrogen) atoms. The number of halogens is 2. The van der Waals surface area contributed by atoms with Gasteiger partial charge < -0.3 is 24.8 Å². The number of carbonyl (C=O) groups excluding carboxylic acids is 1. The molecule has 4 rings (SSSR count). The molecule has 0 saturated heterocycles. The molecule has 0 fully saturated rings. The van der Waals surface area contributed by atoms with Gasteiger partial charge in [0.25, 0.3) is 5.56 Å². The van der Waals surface area contributed by atoms with Crippen LogP contribution in [-0.2, 0) is 11.8 Å². The molecule has 4 aromatic rings. The van der Waals surface area contributed by atoms with Crippen molar-refractivity contribution in [2.75, 3.05) is 38.5 Å². The number of hydrogen-bond acceptors (Lipinski definition) is 9. The van der Waals surface area contributed by atoms with Gasteiger partial charge in [0.15, 0.2) is 5.78 Å². The molecular weight excluding hydrogens is 557 g/mol. The molecule has 0 amide bonds. The highest BCUT2D eigenvalue weighted by molar-refractivity contribution is 6.41. The minimum atomic E-state index is -0.384. The van der Waals surface area contributed by atoms with E-state index in [1.54, 1.807) is 50.7 Å². The van der Waals surface area contributed by atoms with E-state index < -0.39 is 0 Å². The first-order valence-corrected chi connectivity index (χ1v) is 12.7. The van der Waals surface area contributed by atoms with Crippen molar-refractivity contribution in [3.8, 4) is 28.4 Å². The number of anilines is 3. The predicted molar refractivity (Wildman–Crippen MR) is 158 cm³/mol. The molecule has 208 valence electrons. The Bertz CT molecular complexity index is 1680. The SMILES string of the molecule is C=C(CNc1cc(OC)ccc1Nc1ncc2cc(-c3c(Cl)c(OC)cc(OC)c3Cl)c(=O)n(C)c2n1)C(C)=O. The lowest BCUT2D eigenvalue weighted by molar-refractivity contribution is -0.113. The van der Waals surface area contributed by atoms with E-state index in [1.165, 1.54) is 25.7 Å². The summed E-state index contributed by atoms with van der Waals surface area (Å²) in [5.74, 6) is 1.37. The van der Waals surface area contributed by atoms with Crippen LogP contribution >= 0.6 is 23.2 Å². The molecule has 0 aliphatic rings. The molecule has 0 aliphatic heterocycles. The van der Waals surface area contributed by atoms with E-state index in [2.05, 4.69) is 27.2 Å². The van der Waals surface area contributed by atoms with Crippen LogP contribution in [-0.4, -0.2) is 48.2 Å². The van der Waals surface area contributed by atoms with E-state index in [-0.39, 0.29) is 45.0 Å². The van der Waals surface area contributed by atoms with E-state index >= 15 is 0 Å². The van der Waals surface area contributed by atoms with Crippen molar-refractivity contribution < 1.29 is 19.0 Å². The van der Waals surface area contributed by atoms with E-state index in [0.717, 1.165) is 0 Å². The monoisotopic (exact) mass is 583 g/mol. The Labute approximate surface area is 240 Å². The Hall–Kier alpha value is -4.28. The maximum Gasteiger partial charge on any atom is 0.259 e. The van der Waals surface area contributed by atoms with Crippen LogP contribution in [0, 0.1) is 0 Å². The zero-order valence-corrected chi connectivity index (χ0v) is 24.0. The highest BCUT2D eigenvalue weighted by atomic mass is 35.5. The largest absolute Gasteiger partial charge is 0.497 e. The van der Waals surface area contributed by atoms with Crippen molar-refractivity contribution >= 4 is 57.3 Å². The van der Waals surface area contributed by atoms with Gasteiger partial charge >= 0.3 is 0 Å². The van der Waals surface area contributed by atoms with Crippen LogP contribution in [0.4, 0.5) is 17.3 Å². The van der Waals surface area contributed by atoms with Gasteiger partial charge in [-0.15, -0.1) is 0 Å². The van der Waals surface area contributed by atoms with Gasteiger partial charge in [0.2, 0.25) is 5.95 Å². The first kappa shape index (κ1) is 28.7. The summed E-state index contributed by atoms with van der Waals surface area (Å²) in [6.07, 6.45) is 1.58. The number of benzene rings is 2. The molecule has 0 saturated carbocycles. The Morgan fingerprint density at radius 3 is 2.30 bits per heavy atom. The van der Waals surface area contributed by atoms with Crippen LogP contribution in [0.5, 0.6) is 17.2 Å². The molecule has 0 radical (unpaired) electrons. The number of hydrogen-bond donors (Lipinski definition) is 2. The molecule has 0 bridgehead atoms. The zero-order valence-electron chi connectivity index (χ0n) is 22.5. The van der Waals surface area contributed by atoms with Gasteiger partial charge in [-0.05, 0) is 25.1 Å². The van der Waals surface area contributed by atoms with Gasteiger partial charge in [-0.2, -0.15) is 4.98 Å². The Morgan fingerprint density at radius 2 is 1.70 bits per heavy atom. The second-order valence-corrected chi connectivity index (χ2v) is 9.48. The highest BCUT2D eigenvalue weighted by Crippen LogP contribution is 2.45. The lowest BCUT2D eigenvalue weighted by atomic mass is 10.0. The maximum absolute atomic E-state index is 13.5. The maximum atomic E-state index is 13.5. The van der Waals surface area contributed by atoms with E-state index in [1.807, 2.05) is 0 Å². The number of aryl methyl sites for hydroxylation is 1. The number of ketones is 1. The number of aromatic nitrogens is 3. The fraction of sp³-hybridized carbons (Fsp3) is 0.214. The fourth-order valence-electron chi connectivity index (χ4n) is 3.96. The third-order valence-corrected chi connectivity index (χ3v) is 7.01. The second kappa shape index (κ2) is 11.8. The molecule has 10 nitrogen and oxygen atoms in total. The molecule has 2 aromatic heterocycles. The topological polar surface area (TPSA) is 117 Å². The number of pyridine rings is 1. The van der Waals surface area contributed by atoms with Crippen molar-refractivity contribution in [3.05, 3.63) is 69.1 Å². The van der Waals surface area contributed by atoms with Gasteiger partial charge in [-0.1, -0.05) is 29.8 Å². The zero-order chi connectivity index (χ0) is 29.1. The molecule has 12 heteroatoms. The summed E-state index contributed by atoms with van der Waals surface area (Å²) in [6.45, 7) is 5.49. The van der Waals surface area contributed by atoms with Gasteiger partial charge in [0, 0.05) is 48.4 Å². The van der Waals surface area contributed by atoms with Crippen LogP contribution in [0.3, 0.4) is 0 Å².